The van der Waals surface area contributed by atoms with Crippen molar-refractivity contribution in [2.45, 2.75) is 6.10 Å². The maximum absolute atomic E-state index is 11.8. The number of rotatable bonds is 2. The number of anilines is 1. The Bertz CT molecular complexity index is 477. The van der Waals surface area contributed by atoms with Gasteiger partial charge in [0.1, 0.15) is 11.6 Å². The van der Waals surface area contributed by atoms with E-state index in [0.717, 1.165) is 0 Å². The van der Waals surface area contributed by atoms with Gasteiger partial charge in [-0.2, -0.15) is 0 Å². The molecule has 0 aromatic heterocycles. The Balaban J connectivity index is 2.35. The summed E-state index contributed by atoms with van der Waals surface area (Å²) in [5, 5.41) is 0. The number of benzene rings is 1. The number of esters is 1. The fourth-order valence-corrected chi connectivity index (χ4v) is 1.94. The summed E-state index contributed by atoms with van der Waals surface area (Å²) < 4.78 is 10.1. The van der Waals surface area contributed by atoms with Crippen LogP contribution < -0.4 is 9.64 Å². The normalized spacial score (nSPS) is 17.7. The molecule has 0 bridgehead atoms. The van der Waals surface area contributed by atoms with Crippen LogP contribution in [0.1, 0.15) is 0 Å². The molecule has 1 aromatic carbocycles. The predicted molar refractivity (Wildman–Crippen MR) is 65.9 cm³/mol. The zero-order valence-electron chi connectivity index (χ0n) is 9.76. The molecule has 1 aliphatic rings. The van der Waals surface area contributed by atoms with Crippen molar-refractivity contribution in [3.05, 3.63) is 24.3 Å². The number of carbonyl (C=O) groups excluding carboxylic acids is 2. The zero-order valence-corrected chi connectivity index (χ0v) is 10.5. The molecule has 1 amide bonds. The number of fused-ring (bicyclic) bond motifs is 1. The van der Waals surface area contributed by atoms with Crippen LogP contribution in [0.2, 0.25) is 0 Å². The number of nitrogens with zero attached hydrogens (tertiary/aromatic N) is 1. The third-order valence-corrected chi connectivity index (χ3v) is 2.88. The van der Waals surface area contributed by atoms with Crippen molar-refractivity contribution >= 4 is 29.2 Å². The van der Waals surface area contributed by atoms with E-state index in [1.165, 1.54) is 12.0 Å². The van der Waals surface area contributed by atoms with E-state index in [4.69, 9.17) is 16.3 Å². The van der Waals surface area contributed by atoms with Crippen LogP contribution in [0.5, 0.6) is 5.75 Å². The second kappa shape index (κ2) is 5.27. The smallest absolute Gasteiger partial charge is 0.348 e. The minimum atomic E-state index is -0.822. The highest BCUT2D eigenvalue weighted by atomic mass is 35.5. The van der Waals surface area contributed by atoms with Crippen LogP contribution in [0, 0.1) is 0 Å². The van der Waals surface area contributed by atoms with Crippen LogP contribution in [-0.4, -0.2) is 37.5 Å². The minimum absolute atomic E-state index is 0.106. The van der Waals surface area contributed by atoms with E-state index in [9.17, 15) is 9.59 Å². The molecule has 0 spiro atoms. The SMILES string of the molecule is COC(=O)C1CN(C(=O)CCl)c2ccccc2O1. The van der Waals surface area contributed by atoms with Gasteiger partial charge >= 0.3 is 5.97 Å². The molecule has 5 nitrogen and oxygen atoms in total. The topological polar surface area (TPSA) is 55.8 Å². The Morgan fingerprint density at radius 3 is 2.89 bits per heavy atom. The highest BCUT2D eigenvalue weighted by Crippen LogP contribution is 2.33. The average Bonchev–Trinajstić information content (AvgIpc) is 2.44. The molecule has 18 heavy (non-hydrogen) atoms. The molecule has 1 heterocycles. The maximum atomic E-state index is 11.8. The van der Waals surface area contributed by atoms with Gasteiger partial charge in [-0.15, -0.1) is 11.6 Å². The second-order valence-electron chi connectivity index (χ2n) is 3.74. The molecule has 2 rings (SSSR count). The van der Waals surface area contributed by atoms with Crippen LogP contribution in [0.3, 0.4) is 0 Å². The Kier molecular flexibility index (Phi) is 3.72. The highest BCUT2D eigenvalue weighted by Gasteiger charge is 2.33. The lowest BCUT2D eigenvalue weighted by atomic mass is 10.2. The summed E-state index contributed by atoms with van der Waals surface area (Å²) in [6.07, 6.45) is -0.822. The van der Waals surface area contributed by atoms with Gasteiger partial charge in [0.05, 0.1) is 19.3 Å². The number of para-hydroxylation sites is 2. The first kappa shape index (κ1) is 12.7. The summed E-state index contributed by atoms with van der Waals surface area (Å²) in [6, 6.07) is 6.99. The third kappa shape index (κ3) is 2.26. The van der Waals surface area contributed by atoms with Gasteiger partial charge in [-0.25, -0.2) is 4.79 Å². The van der Waals surface area contributed by atoms with E-state index < -0.39 is 12.1 Å². The summed E-state index contributed by atoms with van der Waals surface area (Å²) in [7, 11) is 1.28. The molecule has 1 aromatic rings. The lowest BCUT2D eigenvalue weighted by Crippen LogP contribution is -2.47. The third-order valence-electron chi connectivity index (χ3n) is 2.65. The van der Waals surface area contributed by atoms with Crippen LogP contribution in [0.4, 0.5) is 5.69 Å². The summed E-state index contributed by atoms with van der Waals surface area (Å²) in [4.78, 5) is 24.7. The molecule has 0 fully saturated rings. The van der Waals surface area contributed by atoms with Crippen molar-refractivity contribution in [2.75, 3.05) is 24.4 Å². The van der Waals surface area contributed by atoms with Crippen molar-refractivity contribution in [1.82, 2.24) is 0 Å². The number of alkyl halides is 1. The lowest BCUT2D eigenvalue weighted by molar-refractivity contribution is -0.148. The molecule has 0 saturated heterocycles. The van der Waals surface area contributed by atoms with E-state index in [-0.39, 0.29) is 18.3 Å². The standard InChI is InChI=1S/C12H12ClNO4/c1-17-12(16)10-7-14(11(15)6-13)8-4-2-3-5-9(8)18-10/h2-5,10H,6-7H2,1H3. The number of hydrogen-bond donors (Lipinski definition) is 0. The van der Waals surface area contributed by atoms with Gasteiger partial charge in [-0.05, 0) is 12.1 Å². The van der Waals surface area contributed by atoms with E-state index in [2.05, 4.69) is 4.74 Å². The fraction of sp³-hybridized carbons (Fsp3) is 0.333. The first-order valence-corrected chi connectivity index (χ1v) is 5.90. The second-order valence-corrected chi connectivity index (χ2v) is 4.00. The van der Waals surface area contributed by atoms with Gasteiger partial charge in [-0.3, -0.25) is 4.79 Å². The van der Waals surface area contributed by atoms with Gasteiger partial charge in [0.15, 0.2) is 0 Å². The molecule has 6 heteroatoms. The van der Waals surface area contributed by atoms with Crippen molar-refractivity contribution in [3.8, 4) is 5.75 Å². The molecule has 1 aliphatic heterocycles. The largest absolute Gasteiger partial charge is 0.475 e. The van der Waals surface area contributed by atoms with Crippen molar-refractivity contribution in [3.63, 3.8) is 0 Å². The van der Waals surface area contributed by atoms with Gasteiger partial charge < -0.3 is 14.4 Å². The van der Waals surface area contributed by atoms with E-state index in [1.54, 1.807) is 24.3 Å². The molecule has 1 atom stereocenters. The number of methoxy groups -OCH3 is 1. The minimum Gasteiger partial charge on any atom is -0.475 e. The molecule has 0 radical (unpaired) electrons. The zero-order chi connectivity index (χ0) is 13.1. The predicted octanol–water partition coefficient (Wildman–Crippen LogP) is 1.19. The summed E-state index contributed by atoms with van der Waals surface area (Å²) >= 11 is 5.56. The van der Waals surface area contributed by atoms with Crippen LogP contribution in [-0.2, 0) is 14.3 Å². The Labute approximate surface area is 109 Å². The number of ether oxygens (including phenoxy) is 2. The molecular formula is C12H12ClNO4. The summed E-state index contributed by atoms with van der Waals surface area (Å²) in [5.41, 5.74) is 0.614. The van der Waals surface area contributed by atoms with E-state index in [1.807, 2.05) is 0 Å². The quantitative estimate of drug-likeness (QED) is 0.598. The Morgan fingerprint density at radius 1 is 1.50 bits per heavy atom. The van der Waals surface area contributed by atoms with Crippen LogP contribution in [0.25, 0.3) is 0 Å². The average molecular weight is 270 g/mol. The molecule has 0 N–H and O–H groups in total. The van der Waals surface area contributed by atoms with Gasteiger partial charge in [0.2, 0.25) is 12.0 Å². The van der Waals surface area contributed by atoms with Crippen molar-refractivity contribution < 1.29 is 19.1 Å². The summed E-state index contributed by atoms with van der Waals surface area (Å²) in [6.45, 7) is 0.106. The first-order valence-electron chi connectivity index (χ1n) is 5.37. The van der Waals surface area contributed by atoms with E-state index >= 15 is 0 Å². The lowest BCUT2D eigenvalue weighted by Gasteiger charge is -2.33. The number of hydrogen-bond acceptors (Lipinski definition) is 4. The van der Waals surface area contributed by atoms with Crippen LogP contribution in [0.15, 0.2) is 24.3 Å². The number of amides is 1. The number of halogens is 1. The van der Waals surface area contributed by atoms with Gasteiger partial charge in [0, 0.05) is 0 Å². The number of carbonyl (C=O) groups is 2. The van der Waals surface area contributed by atoms with Crippen molar-refractivity contribution in [2.24, 2.45) is 0 Å². The fourth-order valence-electron chi connectivity index (χ4n) is 1.80. The molecular weight excluding hydrogens is 258 g/mol. The highest BCUT2D eigenvalue weighted by molar-refractivity contribution is 6.29. The molecule has 1 unspecified atom stereocenters. The van der Waals surface area contributed by atoms with Gasteiger partial charge in [-0.1, -0.05) is 12.1 Å². The summed E-state index contributed by atoms with van der Waals surface area (Å²) in [5.74, 6) is -0.474. The maximum Gasteiger partial charge on any atom is 0.348 e. The van der Waals surface area contributed by atoms with Crippen LogP contribution >= 0.6 is 11.6 Å². The first-order chi connectivity index (χ1) is 8.67. The Morgan fingerprint density at radius 2 is 2.22 bits per heavy atom. The molecule has 0 aliphatic carbocycles. The molecule has 0 saturated carbocycles. The Hall–Kier alpha value is -1.75. The monoisotopic (exact) mass is 269 g/mol. The van der Waals surface area contributed by atoms with Gasteiger partial charge in [0.25, 0.3) is 0 Å². The van der Waals surface area contributed by atoms with E-state index in [0.29, 0.717) is 11.4 Å². The van der Waals surface area contributed by atoms with Crippen molar-refractivity contribution in [1.29, 1.82) is 0 Å². The molecule has 96 valence electrons.